The molecule has 1 atom stereocenters. The van der Waals surface area contributed by atoms with Crippen LogP contribution in [-0.2, 0) is 9.59 Å². The van der Waals surface area contributed by atoms with Gasteiger partial charge in [0.05, 0.1) is 6.54 Å². The lowest BCUT2D eigenvalue weighted by atomic mass is 10.0. The molecule has 1 fully saturated rings. The molecule has 86 valence electrons. The maximum absolute atomic E-state index is 11.1. The van der Waals surface area contributed by atoms with Gasteiger partial charge in [-0.2, -0.15) is 0 Å². The van der Waals surface area contributed by atoms with Crippen LogP contribution in [0.2, 0.25) is 0 Å². The van der Waals surface area contributed by atoms with Gasteiger partial charge in [0.1, 0.15) is 5.78 Å². The smallest absolute Gasteiger partial charge is 0.231 e. The van der Waals surface area contributed by atoms with Crippen LogP contribution >= 0.6 is 0 Å². The molecule has 1 saturated heterocycles. The highest BCUT2D eigenvalue weighted by Crippen LogP contribution is 2.19. The highest BCUT2D eigenvalue weighted by molar-refractivity contribution is 5.77. The number of Topliss-reactive ketones (excluding diaryl/α,β-unsaturated/α-hetero) is 1. The van der Waals surface area contributed by atoms with Crippen molar-refractivity contribution in [1.82, 2.24) is 4.90 Å². The molecule has 1 amide bonds. The number of hydrogen-bond acceptors (Lipinski definition) is 3. The van der Waals surface area contributed by atoms with Gasteiger partial charge in [-0.25, -0.2) is 0 Å². The summed E-state index contributed by atoms with van der Waals surface area (Å²) >= 11 is 0. The fourth-order valence-corrected chi connectivity index (χ4v) is 2.21. The molecule has 0 aliphatic carbocycles. The van der Waals surface area contributed by atoms with Gasteiger partial charge in [0.15, 0.2) is 0 Å². The van der Waals surface area contributed by atoms with Crippen molar-refractivity contribution < 1.29 is 9.59 Å². The predicted molar refractivity (Wildman–Crippen MR) is 58.3 cm³/mol. The summed E-state index contributed by atoms with van der Waals surface area (Å²) in [7, 11) is 0. The SMILES string of the molecule is CC(=O)CC1CCCCCN1CC(N)=O. The molecule has 1 rings (SSSR count). The van der Waals surface area contributed by atoms with Gasteiger partial charge in [0.2, 0.25) is 5.91 Å². The van der Waals surface area contributed by atoms with Gasteiger partial charge in [-0.3, -0.25) is 14.5 Å². The lowest BCUT2D eigenvalue weighted by molar-refractivity contribution is -0.122. The van der Waals surface area contributed by atoms with Gasteiger partial charge in [-0.1, -0.05) is 12.8 Å². The standard InChI is InChI=1S/C11H20N2O2/c1-9(14)7-10-5-3-2-4-6-13(10)8-11(12)15/h10H,2-8H2,1H3,(H2,12,15). The topological polar surface area (TPSA) is 63.4 Å². The van der Waals surface area contributed by atoms with Crippen LogP contribution in [0.5, 0.6) is 0 Å². The molecule has 0 radical (unpaired) electrons. The second-order valence-corrected chi connectivity index (χ2v) is 4.35. The summed E-state index contributed by atoms with van der Waals surface area (Å²) in [5, 5.41) is 0. The number of carbonyl (C=O) groups is 2. The van der Waals surface area contributed by atoms with Crippen molar-refractivity contribution in [2.24, 2.45) is 5.73 Å². The summed E-state index contributed by atoms with van der Waals surface area (Å²) in [5.41, 5.74) is 5.20. The third-order valence-electron chi connectivity index (χ3n) is 2.88. The van der Waals surface area contributed by atoms with E-state index in [0.29, 0.717) is 6.42 Å². The molecule has 15 heavy (non-hydrogen) atoms. The highest BCUT2D eigenvalue weighted by Gasteiger charge is 2.23. The quantitative estimate of drug-likeness (QED) is 0.746. The average molecular weight is 212 g/mol. The molecule has 0 aromatic carbocycles. The van der Waals surface area contributed by atoms with Crippen LogP contribution in [0.4, 0.5) is 0 Å². The summed E-state index contributed by atoms with van der Waals surface area (Å²) in [6.45, 7) is 2.78. The number of likely N-dealkylation sites (tertiary alicyclic amines) is 1. The molecule has 0 bridgehead atoms. The van der Waals surface area contributed by atoms with Gasteiger partial charge in [0.25, 0.3) is 0 Å². The lowest BCUT2D eigenvalue weighted by Crippen LogP contribution is -2.41. The van der Waals surface area contributed by atoms with Crippen molar-refractivity contribution in [3.63, 3.8) is 0 Å². The number of primary amides is 1. The summed E-state index contributed by atoms with van der Waals surface area (Å²) in [4.78, 5) is 24.1. The number of amides is 1. The lowest BCUT2D eigenvalue weighted by Gasteiger charge is -2.27. The van der Waals surface area contributed by atoms with Crippen molar-refractivity contribution in [3.8, 4) is 0 Å². The van der Waals surface area contributed by atoms with Crippen molar-refractivity contribution >= 4 is 11.7 Å². The predicted octanol–water partition coefficient (Wildman–Crippen LogP) is 0.695. The van der Waals surface area contributed by atoms with Crippen LogP contribution in [0.25, 0.3) is 0 Å². The number of ketones is 1. The zero-order valence-electron chi connectivity index (χ0n) is 9.37. The van der Waals surface area contributed by atoms with Crippen LogP contribution in [0.3, 0.4) is 0 Å². The zero-order chi connectivity index (χ0) is 11.3. The molecular formula is C11H20N2O2. The van der Waals surface area contributed by atoms with E-state index in [9.17, 15) is 9.59 Å². The Morgan fingerprint density at radius 1 is 1.33 bits per heavy atom. The van der Waals surface area contributed by atoms with Crippen molar-refractivity contribution in [3.05, 3.63) is 0 Å². The van der Waals surface area contributed by atoms with E-state index in [-0.39, 0.29) is 24.3 Å². The molecule has 4 heteroatoms. The highest BCUT2D eigenvalue weighted by atomic mass is 16.1. The number of hydrogen-bond donors (Lipinski definition) is 1. The van der Waals surface area contributed by atoms with Gasteiger partial charge >= 0.3 is 0 Å². The Morgan fingerprint density at radius 2 is 2.07 bits per heavy atom. The molecule has 1 heterocycles. The first kappa shape index (κ1) is 12.2. The van der Waals surface area contributed by atoms with E-state index in [1.807, 2.05) is 0 Å². The van der Waals surface area contributed by atoms with Crippen molar-refractivity contribution in [2.75, 3.05) is 13.1 Å². The van der Waals surface area contributed by atoms with E-state index < -0.39 is 0 Å². The van der Waals surface area contributed by atoms with E-state index in [1.165, 1.54) is 6.42 Å². The number of carbonyl (C=O) groups excluding carboxylic acids is 2. The summed E-state index contributed by atoms with van der Waals surface area (Å²) in [6.07, 6.45) is 4.98. The summed E-state index contributed by atoms with van der Waals surface area (Å²) in [5.74, 6) is -0.109. The minimum atomic E-state index is -0.301. The molecule has 1 unspecified atom stereocenters. The van der Waals surface area contributed by atoms with E-state index in [2.05, 4.69) is 4.90 Å². The minimum Gasteiger partial charge on any atom is -0.369 e. The Hall–Kier alpha value is -0.900. The average Bonchev–Trinajstić information content (AvgIpc) is 2.30. The third-order valence-corrected chi connectivity index (χ3v) is 2.88. The Balaban J connectivity index is 2.58. The van der Waals surface area contributed by atoms with Crippen molar-refractivity contribution in [2.45, 2.75) is 45.1 Å². The molecule has 1 aliphatic rings. The third kappa shape index (κ3) is 4.42. The molecule has 0 saturated carbocycles. The molecule has 1 aliphatic heterocycles. The van der Waals surface area contributed by atoms with Crippen LogP contribution in [0, 0.1) is 0 Å². The van der Waals surface area contributed by atoms with Gasteiger partial charge < -0.3 is 5.73 Å². The molecule has 2 N–H and O–H groups in total. The van der Waals surface area contributed by atoms with Crippen LogP contribution in [0.15, 0.2) is 0 Å². The molecular weight excluding hydrogens is 192 g/mol. The Morgan fingerprint density at radius 3 is 2.67 bits per heavy atom. The first-order valence-corrected chi connectivity index (χ1v) is 5.61. The molecule has 0 aromatic rings. The maximum atomic E-state index is 11.1. The first-order chi connectivity index (χ1) is 7.09. The Bertz CT molecular complexity index is 217. The minimum absolute atomic E-state index is 0.191. The van der Waals surface area contributed by atoms with Crippen LogP contribution < -0.4 is 5.73 Å². The van der Waals surface area contributed by atoms with Gasteiger partial charge in [0, 0.05) is 12.5 Å². The maximum Gasteiger partial charge on any atom is 0.231 e. The Kier molecular flexibility index (Phi) is 4.75. The second kappa shape index (κ2) is 5.85. The van der Waals surface area contributed by atoms with Crippen molar-refractivity contribution in [1.29, 1.82) is 0 Å². The Labute approximate surface area is 90.8 Å². The van der Waals surface area contributed by atoms with Crippen LogP contribution in [0.1, 0.15) is 39.0 Å². The zero-order valence-corrected chi connectivity index (χ0v) is 9.37. The van der Waals surface area contributed by atoms with E-state index >= 15 is 0 Å². The largest absolute Gasteiger partial charge is 0.369 e. The summed E-state index contributed by atoms with van der Waals surface area (Å²) in [6, 6.07) is 0.220. The number of rotatable bonds is 4. The molecule has 0 aromatic heterocycles. The fraction of sp³-hybridized carbons (Fsp3) is 0.818. The van der Waals surface area contributed by atoms with E-state index in [4.69, 9.17) is 5.73 Å². The first-order valence-electron chi connectivity index (χ1n) is 5.61. The fourth-order valence-electron chi connectivity index (χ4n) is 2.21. The van der Waals surface area contributed by atoms with Gasteiger partial charge in [-0.05, 0) is 26.3 Å². The second-order valence-electron chi connectivity index (χ2n) is 4.35. The molecule has 4 nitrogen and oxygen atoms in total. The van der Waals surface area contributed by atoms with Gasteiger partial charge in [-0.15, -0.1) is 0 Å². The van der Waals surface area contributed by atoms with Crippen LogP contribution in [-0.4, -0.2) is 35.7 Å². The summed E-state index contributed by atoms with van der Waals surface area (Å²) < 4.78 is 0. The monoisotopic (exact) mass is 212 g/mol. The number of nitrogens with zero attached hydrogens (tertiary/aromatic N) is 1. The van der Waals surface area contributed by atoms with E-state index in [0.717, 1.165) is 25.8 Å². The normalized spacial score (nSPS) is 23.4. The van der Waals surface area contributed by atoms with E-state index in [1.54, 1.807) is 6.92 Å². The molecule has 0 spiro atoms. The number of nitrogens with two attached hydrogens (primary N) is 1.